The summed E-state index contributed by atoms with van der Waals surface area (Å²) in [5.74, 6) is 0.774. The van der Waals surface area contributed by atoms with E-state index in [1.54, 1.807) is 13.2 Å². The van der Waals surface area contributed by atoms with Crippen LogP contribution in [-0.2, 0) is 0 Å². The van der Waals surface area contributed by atoms with E-state index in [4.69, 9.17) is 4.74 Å². The Morgan fingerprint density at radius 1 is 1.33 bits per heavy atom. The fourth-order valence-corrected chi connectivity index (χ4v) is 1.14. The van der Waals surface area contributed by atoms with Gasteiger partial charge in [0.15, 0.2) is 0 Å². The molecule has 0 amide bonds. The van der Waals surface area contributed by atoms with E-state index < -0.39 is 0 Å². The summed E-state index contributed by atoms with van der Waals surface area (Å²) in [6, 6.07) is 3.69. The van der Waals surface area contributed by atoms with Crippen molar-refractivity contribution in [3.63, 3.8) is 0 Å². The molecule has 1 heterocycles. The molecule has 0 aliphatic rings. The van der Waals surface area contributed by atoms with E-state index in [9.17, 15) is 0 Å². The topological polar surface area (TPSA) is 48.2 Å². The van der Waals surface area contributed by atoms with Gasteiger partial charge in [0.2, 0.25) is 0 Å². The predicted molar refractivity (Wildman–Crippen MR) is 43.1 cm³/mol. The number of hydrogen-bond donors (Lipinski definition) is 0. The van der Waals surface area contributed by atoms with E-state index in [0.717, 1.165) is 22.3 Å². The van der Waals surface area contributed by atoms with Crippen LogP contribution < -0.4 is 4.74 Å². The van der Waals surface area contributed by atoms with E-state index in [2.05, 4.69) is 14.9 Å². The summed E-state index contributed by atoms with van der Waals surface area (Å²) in [5.41, 5.74) is 2.52. The third kappa shape index (κ3) is 0.922. The van der Waals surface area contributed by atoms with Crippen molar-refractivity contribution in [2.45, 2.75) is 6.92 Å². The van der Waals surface area contributed by atoms with Crippen molar-refractivity contribution in [1.82, 2.24) is 10.3 Å². The zero-order chi connectivity index (χ0) is 8.55. The minimum Gasteiger partial charge on any atom is -0.497 e. The largest absolute Gasteiger partial charge is 0.497 e. The summed E-state index contributed by atoms with van der Waals surface area (Å²) in [5, 5.41) is 7.47. The van der Waals surface area contributed by atoms with Crippen molar-refractivity contribution in [2.24, 2.45) is 0 Å². The molecular formula is C8H8N2O2. The Labute approximate surface area is 69.1 Å². The number of rotatable bonds is 1. The Hall–Kier alpha value is -1.58. The van der Waals surface area contributed by atoms with Crippen molar-refractivity contribution in [3.8, 4) is 5.75 Å². The molecule has 0 radical (unpaired) electrons. The molecule has 4 heteroatoms. The lowest BCUT2D eigenvalue weighted by Gasteiger charge is -1.99. The van der Waals surface area contributed by atoms with Crippen LogP contribution >= 0.6 is 0 Å². The number of hydrogen-bond acceptors (Lipinski definition) is 4. The van der Waals surface area contributed by atoms with Crippen LogP contribution in [0, 0.1) is 6.92 Å². The van der Waals surface area contributed by atoms with Crippen molar-refractivity contribution in [1.29, 1.82) is 0 Å². The van der Waals surface area contributed by atoms with Gasteiger partial charge in [-0.1, -0.05) is 0 Å². The Bertz CT molecular complexity index is 408. The summed E-state index contributed by atoms with van der Waals surface area (Å²) in [6.07, 6.45) is 0. The first-order chi connectivity index (χ1) is 5.81. The summed E-state index contributed by atoms with van der Waals surface area (Å²) < 4.78 is 9.65. The van der Waals surface area contributed by atoms with Gasteiger partial charge in [0, 0.05) is 6.07 Å². The quantitative estimate of drug-likeness (QED) is 0.641. The van der Waals surface area contributed by atoms with Gasteiger partial charge in [-0.15, -0.1) is 0 Å². The molecule has 2 aromatic rings. The average Bonchev–Trinajstić information content (AvgIpc) is 2.52. The summed E-state index contributed by atoms with van der Waals surface area (Å²) in [6.45, 7) is 1.94. The third-order valence-electron chi connectivity index (χ3n) is 1.76. The van der Waals surface area contributed by atoms with Crippen molar-refractivity contribution >= 4 is 11.0 Å². The van der Waals surface area contributed by atoms with Crippen LogP contribution in [0.4, 0.5) is 0 Å². The van der Waals surface area contributed by atoms with Crippen LogP contribution in [0.1, 0.15) is 5.56 Å². The van der Waals surface area contributed by atoms with Crippen LogP contribution in [-0.4, -0.2) is 17.4 Å². The summed E-state index contributed by atoms with van der Waals surface area (Å²) >= 11 is 0. The molecule has 2 rings (SSSR count). The highest BCUT2D eigenvalue weighted by atomic mass is 16.6. The van der Waals surface area contributed by atoms with E-state index in [1.807, 2.05) is 13.0 Å². The van der Waals surface area contributed by atoms with Crippen molar-refractivity contribution in [3.05, 3.63) is 17.7 Å². The second kappa shape index (κ2) is 2.48. The van der Waals surface area contributed by atoms with Gasteiger partial charge in [-0.2, -0.15) is 0 Å². The maximum Gasteiger partial charge on any atom is 0.139 e. The van der Waals surface area contributed by atoms with Crippen molar-refractivity contribution in [2.75, 3.05) is 7.11 Å². The number of aryl methyl sites for hydroxylation is 1. The third-order valence-corrected chi connectivity index (χ3v) is 1.76. The lowest BCUT2D eigenvalue weighted by molar-refractivity contribution is 0.315. The van der Waals surface area contributed by atoms with Gasteiger partial charge < -0.3 is 4.74 Å². The Morgan fingerprint density at radius 2 is 2.17 bits per heavy atom. The maximum absolute atomic E-state index is 5.06. The van der Waals surface area contributed by atoms with Crippen molar-refractivity contribution < 1.29 is 9.37 Å². The molecule has 0 N–H and O–H groups in total. The van der Waals surface area contributed by atoms with Crippen LogP contribution in [0.2, 0.25) is 0 Å². The van der Waals surface area contributed by atoms with Crippen LogP contribution in [0.15, 0.2) is 16.8 Å². The number of fused-ring (bicyclic) bond motifs is 1. The van der Waals surface area contributed by atoms with Gasteiger partial charge in [0.1, 0.15) is 16.8 Å². The van der Waals surface area contributed by atoms with Gasteiger partial charge in [-0.05, 0) is 28.9 Å². The van der Waals surface area contributed by atoms with E-state index in [0.29, 0.717) is 0 Å². The van der Waals surface area contributed by atoms with Crippen LogP contribution in [0.3, 0.4) is 0 Å². The minimum absolute atomic E-state index is 0.729. The summed E-state index contributed by atoms with van der Waals surface area (Å²) in [4.78, 5) is 0. The number of nitrogens with zero attached hydrogens (tertiary/aromatic N) is 2. The van der Waals surface area contributed by atoms with E-state index >= 15 is 0 Å². The lowest BCUT2D eigenvalue weighted by atomic mass is 10.2. The van der Waals surface area contributed by atoms with Crippen LogP contribution in [0.5, 0.6) is 5.75 Å². The molecule has 1 aromatic carbocycles. The molecule has 62 valence electrons. The van der Waals surface area contributed by atoms with E-state index in [1.165, 1.54) is 0 Å². The predicted octanol–water partition coefficient (Wildman–Crippen LogP) is 1.54. The maximum atomic E-state index is 5.06. The Morgan fingerprint density at radius 3 is 2.92 bits per heavy atom. The fourth-order valence-electron chi connectivity index (χ4n) is 1.14. The second-order valence-corrected chi connectivity index (χ2v) is 2.58. The molecule has 0 spiro atoms. The Balaban J connectivity index is 2.75. The average molecular weight is 164 g/mol. The summed E-state index contributed by atoms with van der Waals surface area (Å²) in [7, 11) is 1.62. The molecular weight excluding hydrogens is 156 g/mol. The van der Waals surface area contributed by atoms with Gasteiger partial charge in [-0.25, -0.2) is 4.63 Å². The molecule has 0 aliphatic carbocycles. The van der Waals surface area contributed by atoms with Gasteiger partial charge in [-0.3, -0.25) is 0 Å². The highest BCUT2D eigenvalue weighted by Gasteiger charge is 2.05. The zero-order valence-corrected chi connectivity index (χ0v) is 6.87. The lowest BCUT2D eigenvalue weighted by Crippen LogP contribution is -1.84. The molecule has 0 atom stereocenters. The fraction of sp³-hybridized carbons (Fsp3) is 0.250. The molecule has 1 aromatic heterocycles. The highest BCUT2D eigenvalue weighted by Crippen LogP contribution is 2.21. The molecule has 0 unspecified atom stereocenters. The number of ether oxygens (including phenoxy) is 1. The molecule has 0 fully saturated rings. The zero-order valence-electron chi connectivity index (χ0n) is 6.87. The van der Waals surface area contributed by atoms with Gasteiger partial charge >= 0.3 is 0 Å². The van der Waals surface area contributed by atoms with Gasteiger partial charge in [0.25, 0.3) is 0 Å². The molecule has 4 nitrogen and oxygen atoms in total. The first-order valence-corrected chi connectivity index (χ1v) is 3.58. The second-order valence-electron chi connectivity index (χ2n) is 2.58. The monoisotopic (exact) mass is 164 g/mol. The number of methoxy groups -OCH3 is 1. The van der Waals surface area contributed by atoms with E-state index in [-0.39, 0.29) is 0 Å². The highest BCUT2D eigenvalue weighted by molar-refractivity contribution is 5.78. The standard InChI is InChI=1S/C8H8N2O2/c1-5-3-6(11-2)4-7-8(5)10-12-9-7/h3-4H,1-2H3. The number of aromatic nitrogens is 2. The SMILES string of the molecule is COc1cc(C)c2nonc2c1. The minimum atomic E-state index is 0.729. The number of benzene rings is 1. The van der Waals surface area contributed by atoms with Crippen LogP contribution in [0.25, 0.3) is 11.0 Å². The molecule has 0 aliphatic heterocycles. The first kappa shape index (κ1) is 7.09. The molecule has 0 bridgehead atoms. The molecule has 0 saturated heterocycles. The molecule has 0 saturated carbocycles. The first-order valence-electron chi connectivity index (χ1n) is 3.58. The smallest absolute Gasteiger partial charge is 0.139 e. The Kier molecular flexibility index (Phi) is 1.46. The normalized spacial score (nSPS) is 10.5. The van der Waals surface area contributed by atoms with Gasteiger partial charge in [0.05, 0.1) is 7.11 Å². The molecule has 12 heavy (non-hydrogen) atoms.